The van der Waals surface area contributed by atoms with Crippen LogP contribution in [0.2, 0.25) is 0 Å². The normalized spacial score (nSPS) is 13.4. The van der Waals surface area contributed by atoms with Gasteiger partial charge in [-0.15, -0.1) is 11.3 Å². The highest BCUT2D eigenvalue weighted by atomic mass is 79.9. The third-order valence-corrected chi connectivity index (χ3v) is 5.30. The molecule has 1 unspecified atom stereocenters. The van der Waals surface area contributed by atoms with E-state index in [-0.39, 0.29) is 0 Å². The first-order valence-electron chi connectivity index (χ1n) is 3.99. The van der Waals surface area contributed by atoms with Crippen molar-refractivity contribution in [3.05, 3.63) is 35.2 Å². The predicted octanol–water partition coefficient (Wildman–Crippen LogP) is 4.73. The molecule has 0 amide bonds. The molecule has 1 atom stereocenters. The van der Waals surface area contributed by atoms with E-state index >= 15 is 0 Å². The topological polar surface area (TPSA) is 0 Å². The fraction of sp³-hybridized carbons (Fsp3) is 0.200. The van der Waals surface area contributed by atoms with Crippen LogP contribution in [-0.4, -0.2) is 5.33 Å². The van der Waals surface area contributed by atoms with Gasteiger partial charge in [0.25, 0.3) is 0 Å². The standard InChI is InChI=1S/C10H8Br2S/c11-5-9(12)8-6-13-10-4-2-1-3-7(8)10/h1-4,6,9H,5H2. The summed E-state index contributed by atoms with van der Waals surface area (Å²) >= 11 is 8.93. The third-order valence-electron chi connectivity index (χ3n) is 1.98. The maximum Gasteiger partial charge on any atom is 0.0506 e. The molecule has 0 fully saturated rings. The molecule has 0 spiro atoms. The lowest BCUT2D eigenvalue weighted by molar-refractivity contribution is 1.19. The summed E-state index contributed by atoms with van der Waals surface area (Å²) in [4.78, 5) is 0.420. The minimum atomic E-state index is 0.420. The number of fused-ring (bicyclic) bond motifs is 1. The van der Waals surface area contributed by atoms with Crippen LogP contribution in [0.1, 0.15) is 10.4 Å². The summed E-state index contributed by atoms with van der Waals surface area (Å²) in [7, 11) is 0. The summed E-state index contributed by atoms with van der Waals surface area (Å²) in [6, 6.07) is 8.52. The minimum Gasteiger partial charge on any atom is -0.143 e. The zero-order valence-electron chi connectivity index (χ0n) is 6.84. The van der Waals surface area contributed by atoms with Gasteiger partial charge in [0, 0.05) is 10.0 Å². The number of thiophene rings is 1. The van der Waals surface area contributed by atoms with Gasteiger partial charge in [-0.1, -0.05) is 50.1 Å². The van der Waals surface area contributed by atoms with Crippen LogP contribution in [0.15, 0.2) is 29.6 Å². The van der Waals surface area contributed by atoms with Crippen LogP contribution >= 0.6 is 43.2 Å². The zero-order chi connectivity index (χ0) is 9.26. The van der Waals surface area contributed by atoms with Crippen LogP contribution in [0.3, 0.4) is 0 Å². The van der Waals surface area contributed by atoms with E-state index in [9.17, 15) is 0 Å². The van der Waals surface area contributed by atoms with Crippen molar-refractivity contribution in [2.24, 2.45) is 0 Å². The molecule has 0 saturated carbocycles. The van der Waals surface area contributed by atoms with Crippen molar-refractivity contribution in [1.82, 2.24) is 0 Å². The molecule has 1 heterocycles. The van der Waals surface area contributed by atoms with Gasteiger partial charge in [-0.25, -0.2) is 0 Å². The Morgan fingerprint density at radius 3 is 2.85 bits per heavy atom. The highest BCUT2D eigenvalue weighted by molar-refractivity contribution is 9.12. The van der Waals surface area contributed by atoms with Gasteiger partial charge in [0.05, 0.1) is 4.83 Å². The van der Waals surface area contributed by atoms with Crippen LogP contribution in [0.5, 0.6) is 0 Å². The average molecular weight is 320 g/mol. The second-order valence-corrected chi connectivity index (χ2v) is 5.47. The van der Waals surface area contributed by atoms with E-state index in [2.05, 4.69) is 61.5 Å². The SMILES string of the molecule is BrCC(Br)c1csc2ccccc12. The Hall–Kier alpha value is 0.140. The van der Waals surface area contributed by atoms with E-state index in [0.29, 0.717) is 4.83 Å². The number of benzene rings is 1. The molecule has 0 N–H and O–H groups in total. The Kier molecular flexibility index (Phi) is 3.06. The van der Waals surface area contributed by atoms with Gasteiger partial charge in [-0.05, 0) is 22.4 Å². The van der Waals surface area contributed by atoms with E-state index in [1.54, 1.807) is 11.3 Å². The quantitative estimate of drug-likeness (QED) is 0.702. The highest BCUT2D eigenvalue weighted by Gasteiger charge is 2.10. The third kappa shape index (κ3) is 1.83. The first kappa shape index (κ1) is 9.69. The number of alkyl halides is 2. The van der Waals surface area contributed by atoms with Crippen LogP contribution in [0, 0.1) is 0 Å². The van der Waals surface area contributed by atoms with Crippen LogP contribution in [0.4, 0.5) is 0 Å². The summed E-state index contributed by atoms with van der Waals surface area (Å²) in [6.45, 7) is 0. The van der Waals surface area contributed by atoms with Crippen LogP contribution in [0.25, 0.3) is 10.1 Å². The zero-order valence-corrected chi connectivity index (χ0v) is 10.8. The van der Waals surface area contributed by atoms with E-state index in [1.165, 1.54) is 15.6 Å². The Bertz CT molecular complexity index is 408. The highest BCUT2D eigenvalue weighted by Crippen LogP contribution is 2.35. The molecule has 0 aliphatic carbocycles. The molecule has 1 aromatic carbocycles. The number of hydrogen-bond acceptors (Lipinski definition) is 1. The largest absolute Gasteiger partial charge is 0.143 e. The van der Waals surface area contributed by atoms with Crippen molar-refractivity contribution in [3.8, 4) is 0 Å². The molecule has 13 heavy (non-hydrogen) atoms. The van der Waals surface area contributed by atoms with Crippen molar-refractivity contribution in [2.75, 3.05) is 5.33 Å². The molecular weight excluding hydrogens is 312 g/mol. The van der Waals surface area contributed by atoms with Crippen molar-refractivity contribution >= 4 is 53.3 Å². The number of rotatable bonds is 2. The van der Waals surface area contributed by atoms with Gasteiger partial charge in [-0.2, -0.15) is 0 Å². The van der Waals surface area contributed by atoms with Crippen molar-refractivity contribution in [2.45, 2.75) is 4.83 Å². The molecule has 3 heteroatoms. The second kappa shape index (κ2) is 4.11. The fourth-order valence-corrected chi connectivity index (χ4v) is 3.24. The molecule has 2 aromatic rings. The first-order valence-corrected chi connectivity index (χ1v) is 6.91. The molecule has 0 saturated heterocycles. The Labute approximate surface area is 98.2 Å². The lowest BCUT2D eigenvalue weighted by atomic mass is 10.1. The Morgan fingerprint density at radius 1 is 1.31 bits per heavy atom. The molecule has 0 aliphatic rings. The van der Waals surface area contributed by atoms with Crippen molar-refractivity contribution in [3.63, 3.8) is 0 Å². The summed E-state index contributed by atoms with van der Waals surface area (Å²) in [5.74, 6) is 0. The minimum absolute atomic E-state index is 0.420. The van der Waals surface area contributed by atoms with Gasteiger partial charge in [-0.3, -0.25) is 0 Å². The molecule has 0 nitrogen and oxygen atoms in total. The summed E-state index contributed by atoms with van der Waals surface area (Å²) < 4.78 is 1.36. The lowest BCUT2D eigenvalue weighted by Gasteiger charge is -2.03. The van der Waals surface area contributed by atoms with Crippen LogP contribution in [-0.2, 0) is 0 Å². The van der Waals surface area contributed by atoms with E-state index in [0.717, 1.165) is 5.33 Å². The van der Waals surface area contributed by atoms with Crippen LogP contribution < -0.4 is 0 Å². The van der Waals surface area contributed by atoms with Gasteiger partial charge < -0.3 is 0 Å². The van der Waals surface area contributed by atoms with Crippen molar-refractivity contribution in [1.29, 1.82) is 0 Å². The maximum atomic E-state index is 3.64. The van der Waals surface area contributed by atoms with E-state index in [4.69, 9.17) is 0 Å². The molecule has 0 bridgehead atoms. The van der Waals surface area contributed by atoms with Gasteiger partial charge >= 0.3 is 0 Å². The monoisotopic (exact) mass is 318 g/mol. The molecule has 0 radical (unpaired) electrons. The molecule has 0 aliphatic heterocycles. The average Bonchev–Trinajstić information content (AvgIpc) is 2.60. The van der Waals surface area contributed by atoms with Gasteiger partial charge in [0.2, 0.25) is 0 Å². The summed E-state index contributed by atoms with van der Waals surface area (Å²) in [5.41, 5.74) is 1.39. The smallest absolute Gasteiger partial charge is 0.0506 e. The number of hydrogen-bond donors (Lipinski definition) is 0. The fourth-order valence-electron chi connectivity index (χ4n) is 1.32. The van der Waals surface area contributed by atoms with Gasteiger partial charge in [0.15, 0.2) is 0 Å². The molecule has 2 rings (SSSR count). The van der Waals surface area contributed by atoms with Gasteiger partial charge in [0.1, 0.15) is 0 Å². The van der Waals surface area contributed by atoms with E-state index in [1.807, 2.05) is 0 Å². The Balaban J connectivity index is 2.57. The summed E-state index contributed by atoms with van der Waals surface area (Å²) in [5, 5.41) is 4.55. The second-order valence-electron chi connectivity index (χ2n) is 2.81. The molecule has 1 aromatic heterocycles. The Morgan fingerprint density at radius 2 is 2.08 bits per heavy atom. The molecule has 68 valence electrons. The maximum absolute atomic E-state index is 3.64. The molecular formula is C10H8Br2S. The summed E-state index contributed by atoms with van der Waals surface area (Å²) in [6.07, 6.45) is 0. The lowest BCUT2D eigenvalue weighted by Crippen LogP contribution is -1.87. The number of halogens is 2. The van der Waals surface area contributed by atoms with Crippen molar-refractivity contribution < 1.29 is 0 Å². The van der Waals surface area contributed by atoms with E-state index < -0.39 is 0 Å². The predicted molar refractivity (Wildman–Crippen MR) is 67.3 cm³/mol. The first-order chi connectivity index (χ1) is 6.33.